The zero-order valence-corrected chi connectivity index (χ0v) is 14.3. The molecule has 2 aromatic rings. The molecule has 0 saturated carbocycles. The fourth-order valence-electron chi connectivity index (χ4n) is 3.01. The van der Waals surface area contributed by atoms with Crippen molar-refractivity contribution in [1.82, 2.24) is 10.6 Å². The third-order valence-corrected chi connectivity index (χ3v) is 4.47. The Morgan fingerprint density at radius 1 is 1.08 bits per heavy atom. The predicted octanol–water partition coefficient (Wildman–Crippen LogP) is 1.14. The maximum absolute atomic E-state index is 12.2. The fourth-order valence-corrected chi connectivity index (χ4v) is 3.01. The van der Waals surface area contributed by atoms with Gasteiger partial charge >= 0.3 is 0 Å². The van der Waals surface area contributed by atoms with Gasteiger partial charge in [-0.3, -0.25) is 14.4 Å². The summed E-state index contributed by atoms with van der Waals surface area (Å²) in [5, 5.41) is 5.23. The second kappa shape index (κ2) is 7.82. The predicted molar refractivity (Wildman–Crippen MR) is 97.9 cm³/mol. The highest BCUT2D eigenvalue weighted by atomic mass is 16.2. The summed E-state index contributed by atoms with van der Waals surface area (Å²) in [5.41, 5.74) is 8.51. The number of carbonyl (C=O) groups excluding carboxylic acids is 3. The summed E-state index contributed by atoms with van der Waals surface area (Å²) in [6.45, 7) is 0. The SMILES string of the molecule is NC(=O)[C@H](Cc1ccc(-c2ccccc2)cc1)NC(=O)[C@H]1CCC(=O)N1. The van der Waals surface area contributed by atoms with Crippen LogP contribution in [0.2, 0.25) is 0 Å². The molecule has 134 valence electrons. The van der Waals surface area contributed by atoms with E-state index in [1.807, 2.05) is 54.6 Å². The molecule has 4 N–H and O–H groups in total. The lowest BCUT2D eigenvalue weighted by Gasteiger charge is -2.18. The lowest BCUT2D eigenvalue weighted by molar-refractivity contribution is -0.129. The Hall–Kier alpha value is -3.15. The van der Waals surface area contributed by atoms with Crippen LogP contribution in [0.4, 0.5) is 0 Å². The minimum atomic E-state index is -0.817. The molecule has 3 amide bonds. The average molecular weight is 351 g/mol. The van der Waals surface area contributed by atoms with Crippen molar-refractivity contribution in [2.24, 2.45) is 5.73 Å². The van der Waals surface area contributed by atoms with Crippen LogP contribution in [-0.2, 0) is 20.8 Å². The van der Waals surface area contributed by atoms with Gasteiger partial charge in [-0.2, -0.15) is 0 Å². The molecule has 1 aliphatic rings. The molecule has 1 aliphatic heterocycles. The summed E-state index contributed by atoms with van der Waals surface area (Å²) >= 11 is 0. The van der Waals surface area contributed by atoms with Crippen molar-refractivity contribution in [3.8, 4) is 11.1 Å². The van der Waals surface area contributed by atoms with Gasteiger partial charge in [-0.05, 0) is 23.1 Å². The first-order valence-electron chi connectivity index (χ1n) is 8.56. The second-order valence-corrected chi connectivity index (χ2v) is 6.39. The van der Waals surface area contributed by atoms with Crippen LogP contribution in [0, 0.1) is 0 Å². The summed E-state index contributed by atoms with van der Waals surface area (Å²) in [7, 11) is 0. The minimum absolute atomic E-state index is 0.155. The van der Waals surface area contributed by atoms with Crippen molar-refractivity contribution >= 4 is 17.7 Å². The first-order chi connectivity index (χ1) is 12.5. The molecule has 0 unspecified atom stereocenters. The second-order valence-electron chi connectivity index (χ2n) is 6.39. The molecule has 1 heterocycles. The van der Waals surface area contributed by atoms with Crippen molar-refractivity contribution < 1.29 is 14.4 Å². The Labute approximate surface area is 151 Å². The van der Waals surface area contributed by atoms with Gasteiger partial charge in [0, 0.05) is 12.8 Å². The van der Waals surface area contributed by atoms with Gasteiger partial charge < -0.3 is 16.4 Å². The van der Waals surface area contributed by atoms with Gasteiger partial charge in [0.15, 0.2) is 0 Å². The minimum Gasteiger partial charge on any atom is -0.368 e. The van der Waals surface area contributed by atoms with Gasteiger partial charge in [-0.1, -0.05) is 54.6 Å². The molecule has 6 heteroatoms. The van der Waals surface area contributed by atoms with E-state index in [9.17, 15) is 14.4 Å². The van der Waals surface area contributed by atoms with Crippen LogP contribution in [0.15, 0.2) is 54.6 Å². The topological polar surface area (TPSA) is 101 Å². The number of benzene rings is 2. The van der Waals surface area contributed by atoms with E-state index in [0.29, 0.717) is 19.3 Å². The van der Waals surface area contributed by atoms with Crippen LogP contribution in [0.3, 0.4) is 0 Å². The van der Waals surface area contributed by atoms with Gasteiger partial charge in [0.1, 0.15) is 12.1 Å². The summed E-state index contributed by atoms with van der Waals surface area (Å²) in [6.07, 6.45) is 1.05. The van der Waals surface area contributed by atoms with Crippen molar-refractivity contribution in [3.05, 3.63) is 60.2 Å². The van der Waals surface area contributed by atoms with Crippen molar-refractivity contribution in [2.75, 3.05) is 0 Å². The number of rotatable bonds is 6. The molecule has 1 fully saturated rings. The van der Waals surface area contributed by atoms with Crippen LogP contribution < -0.4 is 16.4 Å². The molecule has 0 bridgehead atoms. The largest absolute Gasteiger partial charge is 0.368 e. The summed E-state index contributed by atoms with van der Waals surface area (Å²) < 4.78 is 0. The Balaban J connectivity index is 1.65. The molecule has 0 radical (unpaired) electrons. The van der Waals surface area contributed by atoms with E-state index in [1.165, 1.54) is 0 Å². The molecule has 0 spiro atoms. The highest BCUT2D eigenvalue weighted by Crippen LogP contribution is 2.19. The maximum Gasteiger partial charge on any atom is 0.243 e. The number of amides is 3. The summed E-state index contributed by atoms with van der Waals surface area (Å²) in [4.78, 5) is 35.2. The fraction of sp³-hybridized carbons (Fsp3) is 0.250. The smallest absolute Gasteiger partial charge is 0.243 e. The maximum atomic E-state index is 12.2. The van der Waals surface area contributed by atoms with Gasteiger partial charge in [0.25, 0.3) is 0 Å². The van der Waals surface area contributed by atoms with Crippen LogP contribution >= 0.6 is 0 Å². The molecular weight excluding hydrogens is 330 g/mol. The van der Waals surface area contributed by atoms with Gasteiger partial charge in [0.2, 0.25) is 17.7 Å². The lowest BCUT2D eigenvalue weighted by Crippen LogP contribution is -2.51. The number of primary amides is 1. The highest BCUT2D eigenvalue weighted by Gasteiger charge is 2.29. The third kappa shape index (κ3) is 4.27. The van der Waals surface area contributed by atoms with Crippen LogP contribution in [0.5, 0.6) is 0 Å². The van der Waals surface area contributed by atoms with Gasteiger partial charge in [0.05, 0.1) is 0 Å². The number of nitrogens with two attached hydrogens (primary N) is 1. The first-order valence-corrected chi connectivity index (χ1v) is 8.56. The molecule has 26 heavy (non-hydrogen) atoms. The normalized spacial score (nSPS) is 17.4. The van der Waals surface area contributed by atoms with Crippen LogP contribution in [0.25, 0.3) is 11.1 Å². The number of hydrogen-bond donors (Lipinski definition) is 3. The van der Waals surface area contributed by atoms with Crippen molar-refractivity contribution in [2.45, 2.75) is 31.3 Å². The number of carbonyl (C=O) groups is 3. The summed E-state index contributed by atoms with van der Waals surface area (Å²) in [6, 6.07) is 16.3. The zero-order chi connectivity index (χ0) is 18.5. The Bertz CT molecular complexity index is 803. The zero-order valence-electron chi connectivity index (χ0n) is 14.3. The van der Waals surface area contributed by atoms with Crippen molar-refractivity contribution in [1.29, 1.82) is 0 Å². The van der Waals surface area contributed by atoms with Crippen molar-refractivity contribution in [3.63, 3.8) is 0 Å². The van der Waals surface area contributed by atoms with E-state index in [1.54, 1.807) is 0 Å². The summed E-state index contributed by atoms with van der Waals surface area (Å²) in [5.74, 6) is -1.13. The molecule has 2 atom stereocenters. The number of hydrogen-bond acceptors (Lipinski definition) is 3. The first kappa shape index (κ1) is 17.7. The van der Waals surface area contributed by atoms with Gasteiger partial charge in [-0.25, -0.2) is 0 Å². The third-order valence-electron chi connectivity index (χ3n) is 4.47. The molecule has 1 saturated heterocycles. The van der Waals surface area contributed by atoms with E-state index in [4.69, 9.17) is 5.73 Å². The Kier molecular flexibility index (Phi) is 5.31. The molecule has 2 aromatic carbocycles. The average Bonchev–Trinajstić information content (AvgIpc) is 3.09. The lowest BCUT2D eigenvalue weighted by atomic mass is 10.00. The highest BCUT2D eigenvalue weighted by molar-refractivity contribution is 5.93. The van der Waals surface area contributed by atoms with Crippen LogP contribution in [0.1, 0.15) is 18.4 Å². The van der Waals surface area contributed by atoms with E-state index < -0.39 is 18.0 Å². The molecule has 0 aromatic heterocycles. The van der Waals surface area contributed by atoms with E-state index in [2.05, 4.69) is 10.6 Å². The van der Waals surface area contributed by atoms with E-state index in [-0.39, 0.29) is 11.8 Å². The standard InChI is InChI=1S/C20H21N3O3/c21-19(25)17(23-20(26)16-10-11-18(24)22-16)12-13-6-8-15(9-7-13)14-4-2-1-3-5-14/h1-9,16-17H,10-12H2,(H2,21,25)(H,22,24)(H,23,26)/t16-,17+/m1/s1. The Morgan fingerprint density at radius 3 is 2.31 bits per heavy atom. The molecule has 3 rings (SSSR count). The Morgan fingerprint density at radius 2 is 1.73 bits per heavy atom. The van der Waals surface area contributed by atoms with Gasteiger partial charge in [-0.15, -0.1) is 0 Å². The monoisotopic (exact) mass is 351 g/mol. The molecule has 0 aliphatic carbocycles. The van der Waals surface area contributed by atoms with Crippen LogP contribution in [-0.4, -0.2) is 29.8 Å². The number of nitrogens with one attached hydrogen (secondary N) is 2. The van der Waals surface area contributed by atoms with E-state index in [0.717, 1.165) is 16.7 Å². The quantitative estimate of drug-likeness (QED) is 0.727. The molecule has 6 nitrogen and oxygen atoms in total. The molecular formula is C20H21N3O3. The van der Waals surface area contributed by atoms with E-state index >= 15 is 0 Å².